The van der Waals surface area contributed by atoms with Crippen LogP contribution in [0.15, 0.2) is 22.7 Å². The standard InChI is InChI=1S/C22H24ClFN2O6S/c1-13-19(21(25-32-13)20-16(23)7-4-8-17(20)24)22(28)31-11-18(27)26(14-5-2-3-6-14)15-9-10-33(29,30)12-15/h4,7-8,14-15H,2-3,5-6,9-12H2,1H3/t15-/m0/s1. The first kappa shape index (κ1) is 23.7. The fourth-order valence-corrected chi connectivity index (χ4v) is 6.63. The van der Waals surface area contributed by atoms with Crippen LogP contribution < -0.4 is 0 Å². The van der Waals surface area contributed by atoms with Gasteiger partial charge in [0.05, 0.1) is 22.1 Å². The second kappa shape index (κ2) is 9.42. The summed E-state index contributed by atoms with van der Waals surface area (Å²) in [7, 11) is -3.19. The van der Waals surface area contributed by atoms with Crippen LogP contribution in [0.4, 0.5) is 4.39 Å². The number of nitrogens with zero attached hydrogens (tertiary/aromatic N) is 2. The number of rotatable bonds is 6. The zero-order valence-corrected chi connectivity index (χ0v) is 19.6. The van der Waals surface area contributed by atoms with Crippen molar-refractivity contribution in [3.8, 4) is 11.3 Å². The Hall–Kier alpha value is -2.46. The van der Waals surface area contributed by atoms with Crippen LogP contribution in [0.3, 0.4) is 0 Å². The summed E-state index contributed by atoms with van der Waals surface area (Å²) < 4.78 is 48.7. The molecule has 2 heterocycles. The molecule has 1 atom stereocenters. The van der Waals surface area contributed by atoms with E-state index in [2.05, 4.69) is 5.16 Å². The highest BCUT2D eigenvalue weighted by molar-refractivity contribution is 7.91. The van der Waals surface area contributed by atoms with Crippen molar-refractivity contribution in [3.05, 3.63) is 40.4 Å². The van der Waals surface area contributed by atoms with Crippen LogP contribution in [0, 0.1) is 12.7 Å². The lowest BCUT2D eigenvalue weighted by molar-refractivity contribution is -0.139. The van der Waals surface area contributed by atoms with Crippen molar-refractivity contribution in [2.75, 3.05) is 18.1 Å². The summed E-state index contributed by atoms with van der Waals surface area (Å²) in [6.07, 6.45) is 3.87. The third kappa shape index (κ3) is 4.91. The normalized spacial score (nSPS) is 20.2. The van der Waals surface area contributed by atoms with E-state index >= 15 is 0 Å². The van der Waals surface area contributed by atoms with Gasteiger partial charge in [-0.3, -0.25) is 4.79 Å². The summed E-state index contributed by atoms with van der Waals surface area (Å²) in [5, 5.41) is 3.82. The number of sulfone groups is 1. The summed E-state index contributed by atoms with van der Waals surface area (Å²) in [5.74, 6) is -1.98. The van der Waals surface area contributed by atoms with Crippen molar-refractivity contribution in [3.63, 3.8) is 0 Å². The van der Waals surface area contributed by atoms with E-state index in [0.29, 0.717) is 6.42 Å². The zero-order chi connectivity index (χ0) is 23.8. The molecule has 1 aliphatic heterocycles. The van der Waals surface area contributed by atoms with Crippen molar-refractivity contribution < 1.29 is 31.7 Å². The molecule has 0 unspecified atom stereocenters. The Kier molecular flexibility index (Phi) is 6.76. The molecule has 1 aromatic heterocycles. The fourth-order valence-electron chi connectivity index (χ4n) is 4.66. The molecule has 4 rings (SSSR count). The number of hydrogen-bond acceptors (Lipinski definition) is 7. The zero-order valence-electron chi connectivity index (χ0n) is 18.1. The van der Waals surface area contributed by atoms with Gasteiger partial charge in [0.25, 0.3) is 5.91 Å². The van der Waals surface area contributed by atoms with Crippen LogP contribution in [0.2, 0.25) is 5.02 Å². The van der Waals surface area contributed by atoms with Gasteiger partial charge in [-0.1, -0.05) is 35.7 Å². The second-order valence-electron chi connectivity index (χ2n) is 8.43. The third-order valence-electron chi connectivity index (χ3n) is 6.20. The van der Waals surface area contributed by atoms with Gasteiger partial charge >= 0.3 is 5.97 Å². The van der Waals surface area contributed by atoms with E-state index in [4.69, 9.17) is 20.9 Å². The molecule has 0 spiro atoms. The highest BCUT2D eigenvalue weighted by Crippen LogP contribution is 2.34. The summed E-state index contributed by atoms with van der Waals surface area (Å²) >= 11 is 6.10. The Balaban J connectivity index is 1.52. The molecular formula is C22H24ClFN2O6S. The Morgan fingerprint density at radius 1 is 1.24 bits per heavy atom. The molecule has 2 fully saturated rings. The summed E-state index contributed by atoms with van der Waals surface area (Å²) in [5.41, 5.74) is -0.328. The second-order valence-corrected chi connectivity index (χ2v) is 11.1. The number of halogens is 2. The van der Waals surface area contributed by atoms with Crippen molar-refractivity contribution in [2.24, 2.45) is 0 Å². The van der Waals surface area contributed by atoms with E-state index in [0.717, 1.165) is 25.7 Å². The molecule has 8 nitrogen and oxygen atoms in total. The molecule has 33 heavy (non-hydrogen) atoms. The van der Waals surface area contributed by atoms with E-state index < -0.39 is 40.2 Å². The van der Waals surface area contributed by atoms with Gasteiger partial charge in [-0.15, -0.1) is 0 Å². The van der Waals surface area contributed by atoms with Gasteiger partial charge in [0, 0.05) is 12.1 Å². The number of hydrogen-bond donors (Lipinski definition) is 0. The summed E-state index contributed by atoms with van der Waals surface area (Å²) in [6, 6.07) is 3.57. The minimum absolute atomic E-state index is 0.0423. The molecule has 2 aliphatic rings. The summed E-state index contributed by atoms with van der Waals surface area (Å²) in [4.78, 5) is 27.5. The Morgan fingerprint density at radius 2 is 1.97 bits per heavy atom. The first-order chi connectivity index (χ1) is 15.7. The predicted molar refractivity (Wildman–Crippen MR) is 118 cm³/mol. The molecule has 0 bridgehead atoms. The summed E-state index contributed by atoms with van der Waals surface area (Å²) in [6.45, 7) is 0.902. The van der Waals surface area contributed by atoms with Crippen LogP contribution in [-0.2, 0) is 19.4 Å². The topological polar surface area (TPSA) is 107 Å². The molecule has 1 aliphatic carbocycles. The van der Waals surface area contributed by atoms with Crippen molar-refractivity contribution in [2.45, 2.75) is 51.1 Å². The monoisotopic (exact) mass is 498 g/mol. The lowest BCUT2D eigenvalue weighted by Crippen LogP contribution is -2.48. The van der Waals surface area contributed by atoms with Gasteiger partial charge in [0.1, 0.15) is 22.8 Å². The SMILES string of the molecule is Cc1onc(-c2c(F)cccc2Cl)c1C(=O)OCC(=O)N(C1CCCC1)[C@H]1CCS(=O)(=O)C1. The number of esters is 1. The van der Waals surface area contributed by atoms with Crippen LogP contribution in [0.25, 0.3) is 11.3 Å². The largest absolute Gasteiger partial charge is 0.452 e. The quantitative estimate of drug-likeness (QED) is 0.560. The van der Waals surface area contributed by atoms with Crippen molar-refractivity contribution >= 4 is 33.3 Å². The van der Waals surface area contributed by atoms with Crippen LogP contribution >= 0.6 is 11.6 Å². The van der Waals surface area contributed by atoms with Crippen LogP contribution in [-0.4, -0.2) is 60.5 Å². The number of benzene rings is 1. The Bertz CT molecular complexity index is 1160. The third-order valence-corrected chi connectivity index (χ3v) is 8.27. The first-order valence-electron chi connectivity index (χ1n) is 10.8. The highest BCUT2D eigenvalue weighted by Gasteiger charge is 2.39. The maximum Gasteiger partial charge on any atom is 0.344 e. The molecule has 0 N–H and O–H groups in total. The van der Waals surface area contributed by atoms with E-state index in [1.165, 1.54) is 25.1 Å². The van der Waals surface area contributed by atoms with Crippen molar-refractivity contribution in [1.29, 1.82) is 0 Å². The lowest BCUT2D eigenvalue weighted by Gasteiger charge is -2.33. The van der Waals surface area contributed by atoms with Crippen LogP contribution in [0.1, 0.15) is 48.2 Å². The van der Waals surface area contributed by atoms with Crippen molar-refractivity contribution in [1.82, 2.24) is 10.1 Å². The van der Waals surface area contributed by atoms with E-state index in [1.807, 2.05) is 0 Å². The molecule has 2 aromatic rings. The van der Waals surface area contributed by atoms with Crippen LogP contribution in [0.5, 0.6) is 0 Å². The maximum absolute atomic E-state index is 14.4. The number of carbonyl (C=O) groups excluding carboxylic acids is 2. The Morgan fingerprint density at radius 3 is 2.61 bits per heavy atom. The molecule has 1 amide bonds. The van der Waals surface area contributed by atoms with E-state index in [9.17, 15) is 22.4 Å². The molecular weight excluding hydrogens is 475 g/mol. The smallest absolute Gasteiger partial charge is 0.344 e. The minimum atomic E-state index is -3.19. The van der Waals surface area contributed by atoms with Gasteiger partial charge in [0.15, 0.2) is 16.4 Å². The predicted octanol–water partition coefficient (Wildman–Crippen LogP) is 3.56. The highest BCUT2D eigenvalue weighted by atomic mass is 35.5. The van der Waals surface area contributed by atoms with Gasteiger partial charge in [-0.05, 0) is 38.3 Å². The molecule has 1 saturated carbocycles. The number of aryl methyl sites for hydroxylation is 1. The molecule has 0 radical (unpaired) electrons. The number of ether oxygens (including phenoxy) is 1. The first-order valence-corrected chi connectivity index (χ1v) is 13.0. The minimum Gasteiger partial charge on any atom is -0.452 e. The molecule has 11 heteroatoms. The number of carbonyl (C=O) groups is 2. The molecule has 1 aromatic carbocycles. The maximum atomic E-state index is 14.4. The number of aromatic nitrogens is 1. The van der Waals surface area contributed by atoms with E-state index in [1.54, 1.807) is 4.90 Å². The van der Waals surface area contributed by atoms with Gasteiger partial charge in [-0.2, -0.15) is 0 Å². The van der Waals surface area contributed by atoms with Gasteiger partial charge in [0.2, 0.25) is 0 Å². The fraction of sp³-hybridized carbons (Fsp3) is 0.500. The molecule has 1 saturated heterocycles. The average Bonchev–Trinajstić information content (AvgIpc) is 3.48. The Labute approximate surface area is 195 Å². The molecule has 178 valence electrons. The van der Waals surface area contributed by atoms with E-state index in [-0.39, 0.29) is 45.2 Å². The van der Waals surface area contributed by atoms with Gasteiger partial charge in [-0.25, -0.2) is 17.6 Å². The lowest BCUT2D eigenvalue weighted by atomic mass is 10.1. The van der Waals surface area contributed by atoms with Gasteiger partial charge < -0.3 is 14.2 Å². The average molecular weight is 499 g/mol. The number of amides is 1.